The second-order valence-corrected chi connectivity index (χ2v) is 6.28. The third kappa shape index (κ3) is 3.97. The van der Waals surface area contributed by atoms with Gasteiger partial charge in [-0.2, -0.15) is 0 Å². The lowest BCUT2D eigenvalue weighted by Gasteiger charge is -2.29. The van der Waals surface area contributed by atoms with Crippen LogP contribution in [0.5, 0.6) is 5.75 Å². The summed E-state index contributed by atoms with van der Waals surface area (Å²) in [5.74, 6) is 1.42. The first-order valence-corrected chi connectivity index (χ1v) is 7.70. The molecule has 2 unspecified atom stereocenters. The van der Waals surface area contributed by atoms with E-state index in [4.69, 9.17) is 10.5 Å². The van der Waals surface area contributed by atoms with Crippen LogP contribution in [0.1, 0.15) is 25.8 Å². The maximum absolute atomic E-state index is 12.5. The molecule has 0 aliphatic carbocycles. The highest BCUT2D eigenvalue weighted by Gasteiger charge is 2.28. The number of carbonyl (C=O) groups is 1. The molecule has 4 heteroatoms. The van der Waals surface area contributed by atoms with E-state index in [0.717, 1.165) is 24.2 Å². The maximum Gasteiger partial charge on any atom is 0.229 e. The lowest BCUT2D eigenvalue weighted by molar-refractivity contribution is -0.135. The summed E-state index contributed by atoms with van der Waals surface area (Å²) in [6, 6.07) is 8.08. The number of para-hydroxylation sites is 1. The quantitative estimate of drug-likeness (QED) is 0.903. The number of ether oxygens (including phenoxy) is 1. The second-order valence-electron chi connectivity index (χ2n) is 6.28. The Kier molecular flexibility index (Phi) is 5.23. The van der Waals surface area contributed by atoms with Crippen LogP contribution in [0.3, 0.4) is 0 Å². The van der Waals surface area contributed by atoms with E-state index in [1.165, 1.54) is 0 Å². The van der Waals surface area contributed by atoms with Gasteiger partial charge in [0.1, 0.15) is 12.4 Å². The molecule has 1 aliphatic heterocycles. The average molecular weight is 290 g/mol. The van der Waals surface area contributed by atoms with E-state index in [1.807, 2.05) is 31.3 Å². The van der Waals surface area contributed by atoms with Crippen molar-refractivity contribution in [1.29, 1.82) is 0 Å². The van der Waals surface area contributed by atoms with Gasteiger partial charge < -0.3 is 15.4 Å². The first kappa shape index (κ1) is 15.8. The zero-order valence-corrected chi connectivity index (χ0v) is 13.2. The fourth-order valence-electron chi connectivity index (χ4n) is 2.58. The Balaban J connectivity index is 1.89. The van der Waals surface area contributed by atoms with Gasteiger partial charge in [-0.15, -0.1) is 0 Å². The van der Waals surface area contributed by atoms with E-state index >= 15 is 0 Å². The van der Waals surface area contributed by atoms with Crippen LogP contribution < -0.4 is 10.5 Å². The summed E-state index contributed by atoms with van der Waals surface area (Å²) < 4.78 is 5.70. The Morgan fingerprint density at radius 2 is 2.14 bits per heavy atom. The molecule has 1 aromatic carbocycles. The number of amides is 1. The molecule has 1 heterocycles. The summed E-state index contributed by atoms with van der Waals surface area (Å²) in [7, 11) is 1.86. The van der Waals surface area contributed by atoms with Crippen molar-refractivity contribution in [3.63, 3.8) is 0 Å². The molecule has 0 bridgehead atoms. The molecule has 2 atom stereocenters. The van der Waals surface area contributed by atoms with Gasteiger partial charge in [0, 0.05) is 19.6 Å². The first-order chi connectivity index (χ1) is 9.99. The largest absolute Gasteiger partial charge is 0.492 e. The van der Waals surface area contributed by atoms with Crippen molar-refractivity contribution < 1.29 is 9.53 Å². The Labute approximate surface area is 127 Å². The highest BCUT2D eigenvalue weighted by atomic mass is 16.5. The smallest absolute Gasteiger partial charge is 0.229 e. The maximum atomic E-state index is 12.5. The molecule has 1 aliphatic rings. The topological polar surface area (TPSA) is 55.6 Å². The van der Waals surface area contributed by atoms with Crippen LogP contribution in [0, 0.1) is 11.8 Å². The standard InChI is InChI=1S/C17H26N2O2/c1-12(2)15(18)8-9-19(3)17(20)14-10-13-6-4-5-7-16(13)21-11-14/h4-7,12,14-15H,8-11,18H2,1-3H3. The Morgan fingerprint density at radius 3 is 2.86 bits per heavy atom. The number of carbonyl (C=O) groups excluding carboxylic acids is 1. The molecule has 1 amide bonds. The zero-order valence-electron chi connectivity index (χ0n) is 13.2. The fraction of sp³-hybridized carbons (Fsp3) is 0.588. The molecular formula is C17H26N2O2. The zero-order chi connectivity index (χ0) is 15.4. The van der Waals surface area contributed by atoms with E-state index in [9.17, 15) is 4.79 Å². The van der Waals surface area contributed by atoms with Crippen molar-refractivity contribution in [2.24, 2.45) is 17.6 Å². The number of nitrogens with zero attached hydrogens (tertiary/aromatic N) is 1. The summed E-state index contributed by atoms with van der Waals surface area (Å²) >= 11 is 0. The van der Waals surface area contributed by atoms with Gasteiger partial charge in [0.2, 0.25) is 5.91 Å². The van der Waals surface area contributed by atoms with E-state index in [-0.39, 0.29) is 17.9 Å². The van der Waals surface area contributed by atoms with Crippen molar-refractivity contribution in [1.82, 2.24) is 4.90 Å². The number of fused-ring (bicyclic) bond motifs is 1. The van der Waals surface area contributed by atoms with Crippen molar-refractivity contribution in [2.45, 2.75) is 32.7 Å². The van der Waals surface area contributed by atoms with Crippen molar-refractivity contribution in [2.75, 3.05) is 20.2 Å². The van der Waals surface area contributed by atoms with Gasteiger partial charge in [-0.05, 0) is 30.4 Å². The molecule has 0 aromatic heterocycles. The predicted molar refractivity (Wildman–Crippen MR) is 84.2 cm³/mol. The van der Waals surface area contributed by atoms with Crippen LogP contribution in [0.15, 0.2) is 24.3 Å². The molecule has 2 rings (SSSR count). The van der Waals surface area contributed by atoms with Crippen LogP contribution in [0.4, 0.5) is 0 Å². The summed E-state index contributed by atoms with van der Waals surface area (Å²) in [4.78, 5) is 14.3. The Bertz CT molecular complexity index is 487. The van der Waals surface area contributed by atoms with Gasteiger partial charge in [0.15, 0.2) is 0 Å². The van der Waals surface area contributed by atoms with Gasteiger partial charge in [0.25, 0.3) is 0 Å². The third-order valence-electron chi connectivity index (χ3n) is 4.26. The van der Waals surface area contributed by atoms with E-state index in [0.29, 0.717) is 19.1 Å². The molecule has 0 saturated heterocycles. The highest BCUT2D eigenvalue weighted by Crippen LogP contribution is 2.27. The molecule has 2 N–H and O–H groups in total. The number of benzene rings is 1. The molecule has 4 nitrogen and oxygen atoms in total. The molecule has 0 saturated carbocycles. The van der Waals surface area contributed by atoms with Crippen LogP contribution in [0.2, 0.25) is 0 Å². The number of hydrogen-bond acceptors (Lipinski definition) is 3. The minimum Gasteiger partial charge on any atom is -0.492 e. The van der Waals surface area contributed by atoms with Crippen molar-refractivity contribution in [3.05, 3.63) is 29.8 Å². The van der Waals surface area contributed by atoms with Crippen molar-refractivity contribution in [3.8, 4) is 5.75 Å². The number of rotatable bonds is 5. The first-order valence-electron chi connectivity index (χ1n) is 7.70. The molecular weight excluding hydrogens is 264 g/mol. The molecule has 0 fully saturated rings. The molecule has 0 radical (unpaired) electrons. The van der Waals surface area contributed by atoms with Gasteiger partial charge in [-0.25, -0.2) is 0 Å². The Morgan fingerprint density at radius 1 is 1.43 bits per heavy atom. The van der Waals surface area contributed by atoms with Crippen LogP contribution in [-0.4, -0.2) is 37.0 Å². The summed E-state index contributed by atoms with van der Waals surface area (Å²) in [6.45, 7) is 5.39. The SMILES string of the molecule is CC(C)C(N)CCN(C)C(=O)C1COc2ccccc2C1. The monoisotopic (exact) mass is 290 g/mol. The van der Waals surface area contributed by atoms with Gasteiger partial charge >= 0.3 is 0 Å². The fourth-order valence-corrected chi connectivity index (χ4v) is 2.58. The van der Waals surface area contributed by atoms with Crippen LogP contribution in [0.25, 0.3) is 0 Å². The van der Waals surface area contributed by atoms with Crippen LogP contribution >= 0.6 is 0 Å². The second kappa shape index (κ2) is 6.94. The summed E-state index contributed by atoms with van der Waals surface area (Å²) in [5.41, 5.74) is 7.16. The van der Waals surface area contributed by atoms with Gasteiger partial charge in [0.05, 0.1) is 5.92 Å². The lowest BCUT2D eigenvalue weighted by Crippen LogP contribution is -2.41. The molecule has 1 aromatic rings. The summed E-state index contributed by atoms with van der Waals surface area (Å²) in [5, 5.41) is 0. The minimum atomic E-state index is -0.0832. The molecule has 21 heavy (non-hydrogen) atoms. The number of nitrogens with two attached hydrogens (primary N) is 1. The normalized spacial score (nSPS) is 18.8. The number of hydrogen-bond donors (Lipinski definition) is 1. The van der Waals surface area contributed by atoms with Gasteiger partial charge in [-0.3, -0.25) is 4.79 Å². The average Bonchev–Trinajstić information content (AvgIpc) is 2.50. The van der Waals surface area contributed by atoms with E-state index in [2.05, 4.69) is 13.8 Å². The minimum absolute atomic E-state index is 0.0832. The molecule has 0 spiro atoms. The lowest BCUT2D eigenvalue weighted by atomic mass is 9.95. The predicted octanol–water partition coefficient (Wildman–Crippen LogP) is 2.07. The third-order valence-corrected chi connectivity index (χ3v) is 4.26. The Hall–Kier alpha value is -1.55. The summed E-state index contributed by atoms with van der Waals surface area (Å²) in [6.07, 6.45) is 1.60. The van der Waals surface area contributed by atoms with E-state index < -0.39 is 0 Å². The van der Waals surface area contributed by atoms with Crippen molar-refractivity contribution >= 4 is 5.91 Å². The molecule has 116 valence electrons. The highest BCUT2D eigenvalue weighted by molar-refractivity contribution is 5.79. The van der Waals surface area contributed by atoms with E-state index in [1.54, 1.807) is 4.90 Å². The van der Waals surface area contributed by atoms with Gasteiger partial charge in [-0.1, -0.05) is 32.0 Å². The van der Waals surface area contributed by atoms with Crippen LogP contribution in [-0.2, 0) is 11.2 Å².